The summed E-state index contributed by atoms with van der Waals surface area (Å²) in [7, 11) is 0. The van der Waals surface area contributed by atoms with Crippen LogP contribution in [0.3, 0.4) is 0 Å². The van der Waals surface area contributed by atoms with Crippen molar-refractivity contribution in [1.82, 2.24) is 9.80 Å². The summed E-state index contributed by atoms with van der Waals surface area (Å²) in [4.78, 5) is 43.4. The number of hydrogen-bond acceptors (Lipinski definition) is 10. The van der Waals surface area contributed by atoms with Crippen molar-refractivity contribution in [3.05, 3.63) is 0 Å². The van der Waals surface area contributed by atoms with E-state index in [0.29, 0.717) is 50.5 Å². The second-order valence-corrected chi connectivity index (χ2v) is 20.9. The minimum absolute atomic E-state index is 0.00362. The van der Waals surface area contributed by atoms with Crippen LogP contribution in [0.2, 0.25) is 0 Å². The zero-order valence-electron chi connectivity index (χ0n) is 33.8. The highest BCUT2D eigenvalue weighted by atomic mass is 16.7. The molecule has 8 fully saturated rings. The van der Waals surface area contributed by atoms with E-state index in [1.807, 2.05) is 20.8 Å². The van der Waals surface area contributed by atoms with Gasteiger partial charge in [-0.2, -0.15) is 0 Å². The first-order valence-electron chi connectivity index (χ1n) is 20.8. The van der Waals surface area contributed by atoms with Crippen LogP contribution in [0.5, 0.6) is 0 Å². The number of aliphatic hydroxyl groups is 1. The molecule has 298 valence electrons. The fourth-order valence-electron chi connectivity index (χ4n) is 13.7. The van der Waals surface area contributed by atoms with Crippen LogP contribution < -0.4 is 0 Å². The summed E-state index contributed by atoms with van der Waals surface area (Å²) in [6.07, 6.45) is 7.10. The van der Waals surface area contributed by atoms with Gasteiger partial charge in [-0.15, -0.1) is 0 Å². The molecule has 11 nitrogen and oxygen atoms in total. The molecule has 3 saturated heterocycles. The first-order chi connectivity index (χ1) is 24.7. The Morgan fingerprint density at radius 3 is 2.32 bits per heavy atom. The molecule has 0 bridgehead atoms. The summed E-state index contributed by atoms with van der Waals surface area (Å²) in [6.45, 7) is 21.1. The number of carbonyl (C=O) groups excluding carboxylic acids is 3. The molecule has 0 aromatic carbocycles. The van der Waals surface area contributed by atoms with E-state index in [2.05, 4.69) is 25.7 Å². The molecule has 5 aliphatic carbocycles. The van der Waals surface area contributed by atoms with Crippen LogP contribution in [-0.4, -0.2) is 113 Å². The molecule has 5 saturated carbocycles. The van der Waals surface area contributed by atoms with E-state index >= 15 is 0 Å². The number of amides is 1. The summed E-state index contributed by atoms with van der Waals surface area (Å²) in [5, 5.41) is 10.9. The Balaban J connectivity index is 0.922. The monoisotopic (exact) mass is 742 g/mol. The standard InChI is InChI=1S/C42H66N2O9/c1-24(45)50-35(39(7,8)48)28-12-10-27-34(51-28)33(46)32-26-11-13-29-38(5,6)30(14-15-42(29)23-41(26,42)17-16-40(27,32)9)52-31-22-43(18-19-49-31)25-20-44(21-25)36(47)53-37(2,3)4/h25-32,34-35,48H,10-23H2,1-9H3/t26?,27?,28?,29?,30-,31?,32?,34?,35-,40?,41-,42?/m0/s1. The fraction of sp³-hybridized carbons (Fsp3) is 0.929. The largest absolute Gasteiger partial charge is 0.457 e. The van der Waals surface area contributed by atoms with Crippen molar-refractivity contribution in [3.8, 4) is 0 Å². The molecule has 9 unspecified atom stereocenters. The molecule has 1 N–H and O–H groups in total. The number of ketones is 1. The number of hydrogen-bond donors (Lipinski definition) is 1. The van der Waals surface area contributed by atoms with Gasteiger partial charge in [0.25, 0.3) is 0 Å². The predicted octanol–water partition coefficient (Wildman–Crippen LogP) is 5.74. The Bertz CT molecular complexity index is 1480. The van der Waals surface area contributed by atoms with Gasteiger partial charge in [0.15, 0.2) is 18.2 Å². The summed E-state index contributed by atoms with van der Waals surface area (Å²) < 4.78 is 31.0. The number of morpholine rings is 1. The summed E-state index contributed by atoms with van der Waals surface area (Å²) >= 11 is 0. The van der Waals surface area contributed by atoms with Crippen molar-refractivity contribution in [3.63, 3.8) is 0 Å². The van der Waals surface area contributed by atoms with Crippen LogP contribution in [-0.2, 0) is 33.3 Å². The number of Topliss-reactive ketones (excluding diaryl/α,β-unsaturated/α-hetero) is 1. The first kappa shape index (κ1) is 38.1. The Kier molecular flexibility index (Phi) is 9.06. The van der Waals surface area contributed by atoms with Gasteiger partial charge in [-0.05, 0) is 132 Å². The topological polar surface area (TPSA) is 124 Å². The Labute approximate surface area is 316 Å². The average Bonchev–Trinajstić information content (AvgIpc) is 3.64. The molecule has 12 atom stereocenters. The van der Waals surface area contributed by atoms with E-state index in [1.165, 1.54) is 19.8 Å². The number of ether oxygens (including phenoxy) is 5. The molecule has 8 rings (SSSR count). The van der Waals surface area contributed by atoms with Crippen molar-refractivity contribution >= 4 is 17.8 Å². The van der Waals surface area contributed by atoms with Crippen LogP contribution >= 0.6 is 0 Å². The third-order valence-electron chi connectivity index (χ3n) is 16.1. The number of carbonyl (C=O) groups is 3. The number of nitrogens with zero attached hydrogens (tertiary/aromatic N) is 2. The molecule has 0 aromatic rings. The highest BCUT2D eigenvalue weighted by molar-refractivity contribution is 5.90. The zero-order valence-corrected chi connectivity index (χ0v) is 33.8. The van der Waals surface area contributed by atoms with Gasteiger partial charge in [0.2, 0.25) is 0 Å². The van der Waals surface area contributed by atoms with Crippen molar-refractivity contribution in [2.75, 3.05) is 32.8 Å². The molecule has 3 aliphatic heterocycles. The van der Waals surface area contributed by atoms with Gasteiger partial charge in [0.05, 0.1) is 31.0 Å². The van der Waals surface area contributed by atoms with E-state index in [-0.39, 0.29) is 57.8 Å². The van der Waals surface area contributed by atoms with Gasteiger partial charge in [-0.1, -0.05) is 20.8 Å². The minimum atomic E-state index is -1.27. The molecule has 2 spiro atoms. The lowest BCUT2D eigenvalue weighted by Crippen LogP contribution is -2.64. The van der Waals surface area contributed by atoms with E-state index in [9.17, 15) is 19.5 Å². The van der Waals surface area contributed by atoms with E-state index in [1.54, 1.807) is 18.7 Å². The highest BCUT2D eigenvalue weighted by Gasteiger charge is 2.82. The summed E-state index contributed by atoms with van der Waals surface area (Å²) in [5.41, 5.74) is -1.41. The normalized spacial score (nSPS) is 44.3. The van der Waals surface area contributed by atoms with Crippen molar-refractivity contribution in [1.29, 1.82) is 0 Å². The number of likely N-dealkylation sites (tertiary alicyclic amines) is 1. The molecule has 0 aromatic heterocycles. The molecule has 11 heteroatoms. The quantitative estimate of drug-likeness (QED) is 0.337. The molecule has 3 heterocycles. The summed E-state index contributed by atoms with van der Waals surface area (Å²) in [6, 6.07) is 0.300. The zero-order chi connectivity index (χ0) is 38.1. The third kappa shape index (κ3) is 6.02. The van der Waals surface area contributed by atoms with Crippen LogP contribution in [0, 0.1) is 45.3 Å². The van der Waals surface area contributed by atoms with Crippen LogP contribution in [0.25, 0.3) is 0 Å². The SMILES string of the molecule is CC(=O)O[C@@H](C1CCC2C(O1)C(=O)C1C3CCC4C(C)(C)[C@@H](OC5CN(C6CN(C(=O)OC(C)(C)C)C6)CCO5)CCC45C[C@@]35CCC21C)C(C)(C)O. The van der Waals surface area contributed by atoms with Gasteiger partial charge in [-0.3, -0.25) is 14.5 Å². The van der Waals surface area contributed by atoms with Gasteiger partial charge in [-0.25, -0.2) is 4.79 Å². The molecular formula is C42H66N2O9. The van der Waals surface area contributed by atoms with E-state index < -0.39 is 35.5 Å². The second kappa shape index (κ2) is 12.6. The molecule has 8 aliphatic rings. The lowest BCUT2D eigenvalue weighted by molar-refractivity contribution is -0.250. The van der Waals surface area contributed by atoms with Crippen molar-refractivity contribution in [2.45, 2.75) is 168 Å². The maximum Gasteiger partial charge on any atom is 0.410 e. The molecule has 53 heavy (non-hydrogen) atoms. The van der Waals surface area contributed by atoms with Crippen LogP contribution in [0.15, 0.2) is 0 Å². The number of rotatable bonds is 6. The van der Waals surface area contributed by atoms with Gasteiger partial charge < -0.3 is 33.7 Å². The highest BCUT2D eigenvalue weighted by Crippen LogP contribution is 2.87. The number of esters is 1. The van der Waals surface area contributed by atoms with E-state index in [4.69, 9.17) is 23.7 Å². The average molecular weight is 743 g/mol. The predicted molar refractivity (Wildman–Crippen MR) is 196 cm³/mol. The van der Waals surface area contributed by atoms with Crippen LogP contribution in [0.4, 0.5) is 4.79 Å². The lowest BCUT2D eigenvalue weighted by atomic mass is 9.46. The van der Waals surface area contributed by atoms with Crippen molar-refractivity contribution < 1.29 is 43.2 Å². The minimum Gasteiger partial charge on any atom is -0.457 e. The first-order valence-corrected chi connectivity index (χ1v) is 20.8. The van der Waals surface area contributed by atoms with Gasteiger partial charge in [0.1, 0.15) is 11.7 Å². The van der Waals surface area contributed by atoms with Crippen molar-refractivity contribution in [2.24, 2.45) is 45.3 Å². The lowest BCUT2D eigenvalue weighted by Gasteiger charge is -2.59. The van der Waals surface area contributed by atoms with Gasteiger partial charge >= 0.3 is 12.1 Å². The van der Waals surface area contributed by atoms with E-state index in [0.717, 1.165) is 45.1 Å². The Hall–Kier alpha value is -1.79. The Morgan fingerprint density at radius 2 is 1.64 bits per heavy atom. The maximum absolute atomic E-state index is 14.6. The third-order valence-corrected chi connectivity index (χ3v) is 16.1. The molecular weight excluding hydrogens is 676 g/mol. The summed E-state index contributed by atoms with van der Waals surface area (Å²) in [5.74, 6) is 0.895. The van der Waals surface area contributed by atoms with Gasteiger partial charge in [0, 0.05) is 38.5 Å². The maximum atomic E-state index is 14.6. The molecule has 1 amide bonds. The number of fused-ring (bicyclic) bond motifs is 4. The smallest absolute Gasteiger partial charge is 0.410 e. The Morgan fingerprint density at radius 1 is 0.925 bits per heavy atom. The molecule has 0 radical (unpaired) electrons. The second-order valence-electron chi connectivity index (χ2n) is 20.9. The fourth-order valence-corrected chi connectivity index (χ4v) is 13.7. The van der Waals surface area contributed by atoms with Crippen LogP contribution in [0.1, 0.15) is 120 Å².